The van der Waals surface area contributed by atoms with E-state index in [0.717, 1.165) is 23.2 Å². The molecule has 0 spiro atoms. The number of hydrogen-bond donors (Lipinski definition) is 1. The fourth-order valence-electron chi connectivity index (χ4n) is 4.72. The number of aromatic nitrogens is 1. The van der Waals surface area contributed by atoms with Gasteiger partial charge in [-0.25, -0.2) is 0 Å². The maximum atomic E-state index is 13.9. The van der Waals surface area contributed by atoms with E-state index in [2.05, 4.69) is 36.0 Å². The number of aliphatic hydroxyl groups is 1. The smallest absolute Gasteiger partial charge is 0.254 e. The van der Waals surface area contributed by atoms with Crippen LogP contribution in [0.15, 0.2) is 73.1 Å². The molecular formula is C29H35N3O3. The van der Waals surface area contributed by atoms with Gasteiger partial charge in [0.1, 0.15) is 0 Å². The minimum atomic E-state index is -0.302. The molecule has 6 nitrogen and oxygen atoms in total. The molecule has 184 valence electrons. The van der Waals surface area contributed by atoms with E-state index in [1.807, 2.05) is 67.8 Å². The van der Waals surface area contributed by atoms with Crippen molar-refractivity contribution < 1.29 is 14.6 Å². The SMILES string of the molecule is C[C@@H]1CN([C@H](C)CO)C(=O)c2ccccc2-c2ccccc2CO[C@@H]1CN(C)Cc1ccncc1. The van der Waals surface area contributed by atoms with Gasteiger partial charge in [-0.1, -0.05) is 49.4 Å². The van der Waals surface area contributed by atoms with Crippen molar-refractivity contribution in [3.63, 3.8) is 0 Å². The Morgan fingerprint density at radius 3 is 2.43 bits per heavy atom. The van der Waals surface area contributed by atoms with Crippen LogP contribution in [0.3, 0.4) is 0 Å². The summed E-state index contributed by atoms with van der Waals surface area (Å²) in [5.74, 6) is -0.000132. The molecule has 1 aromatic heterocycles. The van der Waals surface area contributed by atoms with Gasteiger partial charge in [0.25, 0.3) is 5.91 Å². The Morgan fingerprint density at radius 1 is 1.06 bits per heavy atom. The van der Waals surface area contributed by atoms with Crippen LogP contribution < -0.4 is 0 Å². The Bertz CT molecular complexity index is 1120. The largest absolute Gasteiger partial charge is 0.394 e. The van der Waals surface area contributed by atoms with Crippen LogP contribution in [0.1, 0.15) is 35.3 Å². The lowest BCUT2D eigenvalue weighted by Gasteiger charge is -2.35. The predicted molar refractivity (Wildman–Crippen MR) is 138 cm³/mol. The van der Waals surface area contributed by atoms with E-state index in [0.29, 0.717) is 25.3 Å². The van der Waals surface area contributed by atoms with Crippen molar-refractivity contribution in [2.75, 3.05) is 26.7 Å². The zero-order valence-corrected chi connectivity index (χ0v) is 20.8. The Hall–Kier alpha value is -3.06. The minimum Gasteiger partial charge on any atom is -0.394 e. The molecular weight excluding hydrogens is 438 g/mol. The molecule has 0 saturated heterocycles. The molecule has 0 saturated carbocycles. The number of carbonyl (C=O) groups excluding carboxylic acids is 1. The van der Waals surface area contributed by atoms with Gasteiger partial charge < -0.3 is 14.7 Å². The summed E-state index contributed by atoms with van der Waals surface area (Å²) in [6.45, 7) is 6.40. The Balaban J connectivity index is 1.68. The number of aliphatic hydroxyl groups excluding tert-OH is 1. The molecule has 0 bridgehead atoms. The van der Waals surface area contributed by atoms with Gasteiger partial charge in [0.05, 0.1) is 25.4 Å². The summed E-state index contributed by atoms with van der Waals surface area (Å²) in [7, 11) is 2.09. The number of nitrogens with zero attached hydrogens (tertiary/aromatic N) is 3. The molecule has 0 unspecified atom stereocenters. The molecule has 3 aromatic rings. The number of rotatable bonds is 6. The third kappa shape index (κ3) is 5.96. The first-order valence-electron chi connectivity index (χ1n) is 12.3. The zero-order chi connectivity index (χ0) is 24.8. The minimum absolute atomic E-state index is 0.0604. The highest BCUT2D eigenvalue weighted by Gasteiger charge is 2.30. The van der Waals surface area contributed by atoms with Crippen LogP contribution >= 0.6 is 0 Å². The van der Waals surface area contributed by atoms with Gasteiger partial charge in [-0.05, 0) is 54.4 Å². The lowest BCUT2D eigenvalue weighted by Crippen LogP contribution is -2.47. The normalized spacial score (nSPS) is 19.6. The predicted octanol–water partition coefficient (Wildman–Crippen LogP) is 4.24. The van der Waals surface area contributed by atoms with Crippen molar-refractivity contribution in [3.8, 4) is 11.1 Å². The van der Waals surface area contributed by atoms with Crippen molar-refractivity contribution in [1.29, 1.82) is 0 Å². The summed E-state index contributed by atoms with van der Waals surface area (Å²) >= 11 is 0. The van der Waals surface area contributed by atoms with E-state index in [9.17, 15) is 9.90 Å². The molecule has 0 fully saturated rings. The summed E-state index contributed by atoms with van der Waals surface area (Å²) in [5, 5.41) is 9.98. The summed E-state index contributed by atoms with van der Waals surface area (Å²) in [5.41, 5.74) is 4.81. The average Bonchev–Trinajstić information content (AvgIpc) is 2.90. The second-order valence-electron chi connectivity index (χ2n) is 9.57. The number of fused-ring (bicyclic) bond motifs is 3. The van der Waals surface area contributed by atoms with Gasteiger partial charge in [-0.15, -0.1) is 0 Å². The molecule has 2 heterocycles. The molecule has 3 atom stereocenters. The molecule has 1 amide bonds. The van der Waals surface area contributed by atoms with E-state index >= 15 is 0 Å². The van der Waals surface area contributed by atoms with Gasteiger partial charge >= 0.3 is 0 Å². The summed E-state index contributed by atoms with van der Waals surface area (Å²) in [6.07, 6.45) is 3.52. The molecule has 1 aliphatic heterocycles. The van der Waals surface area contributed by atoms with Crippen molar-refractivity contribution >= 4 is 5.91 Å². The highest BCUT2D eigenvalue weighted by atomic mass is 16.5. The zero-order valence-electron chi connectivity index (χ0n) is 20.8. The van der Waals surface area contributed by atoms with E-state index < -0.39 is 0 Å². The number of hydrogen-bond acceptors (Lipinski definition) is 5. The standard InChI is InChI=1S/C29H35N3O3/c1-21-16-32(22(2)19-33)29(34)27-11-7-6-10-26(27)25-9-5-4-8-24(25)20-35-28(21)18-31(3)17-23-12-14-30-15-13-23/h4-15,21-22,28,33H,16-20H2,1-3H3/t21-,22-,28-/m1/s1. The average molecular weight is 474 g/mol. The maximum absolute atomic E-state index is 13.9. The van der Waals surface area contributed by atoms with Crippen molar-refractivity contribution in [3.05, 3.63) is 89.7 Å². The monoisotopic (exact) mass is 473 g/mol. The van der Waals surface area contributed by atoms with E-state index in [1.54, 1.807) is 4.90 Å². The topological polar surface area (TPSA) is 65.9 Å². The first-order chi connectivity index (χ1) is 17.0. The van der Waals surface area contributed by atoms with Gasteiger partial charge in [0, 0.05) is 43.5 Å². The number of ether oxygens (including phenoxy) is 1. The third-order valence-corrected chi connectivity index (χ3v) is 6.79. The van der Waals surface area contributed by atoms with Gasteiger partial charge in [0.15, 0.2) is 0 Å². The highest BCUT2D eigenvalue weighted by Crippen LogP contribution is 2.31. The summed E-state index contributed by atoms with van der Waals surface area (Å²) in [6, 6.07) is 19.6. The highest BCUT2D eigenvalue weighted by molar-refractivity contribution is 6.01. The summed E-state index contributed by atoms with van der Waals surface area (Å²) < 4.78 is 6.58. The van der Waals surface area contributed by atoms with Crippen molar-refractivity contribution in [1.82, 2.24) is 14.8 Å². The van der Waals surface area contributed by atoms with Crippen molar-refractivity contribution in [2.24, 2.45) is 5.92 Å². The second-order valence-corrected chi connectivity index (χ2v) is 9.57. The van der Waals surface area contributed by atoms with Crippen LogP contribution in [0.5, 0.6) is 0 Å². The van der Waals surface area contributed by atoms with Gasteiger partial charge in [0.2, 0.25) is 0 Å². The van der Waals surface area contributed by atoms with Crippen LogP contribution in [0.4, 0.5) is 0 Å². The number of amides is 1. The fourth-order valence-corrected chi connectivity index (χ4v) is 4.72. The molecule has 6 heteroatoms. The van der Waals surface area contributed by atoms with Gasteiger partial charge in [-0.3, -0.25) is 14.7 Å². The molecule has 1 N–H and O–H groups in total. The lowest BCUT2D eigenvalue weighted by atomic mass is 9.94. The van der Waals surface area contributed by atoms with E-state index in [-0.39, 0.29) is 30.6 Å². The Labute approximate surface area is 208 Å². The van der Waals surface area contributed by atoms with Crippen LogP contribution in [-0.4, -0.2) is 64.7 Å². The van der Waals surface area contributed by atoms with Crippen LogP contribution in [-0.2, 0) is 17.9 Å². The summed E-state index contributed by atoms with van der Waals surface area (Å²) in [4.78, 5) is 22.0. The number of likely N-dealkylation sites (N-methyl/N-ethyl adjacent to an activating group) is 1. The molecule has 4 rings (SSSR count). The number of carbonyl (C=O) groups is 1. The molecule has 1 aliphatic rings. The lowest BCUT2D eigenvalue weighted by molar-refractivity contribution is -0.0241. The maximum Gasteiger partial charge on any atom is 0.254 e. The van der Waals surface area contributed by atoms with Crippen LogP contribution in [0, 0.1) is 5.92 Å². The Morgan fingerprint density at radius 2 is 1.71 bits per heavy atom. The van der Waals surface area contributed by atoms with Gasteiger partial charge in [-0.2, -0.15) is 0 Å². The first kappa shape index (κ1) is 25.0. The quantitative estimate of drug-likeness (QED) is 0.580. The number of pyridine rings is 1. The molecule has 0 aliphatic carbocycles. The van der Waals surface area contributed by atoms with E-state index in [4.69, 9.17) is 4.74 Å². The number of benzene rings is 2. The second kappa shape index (κ2) is 11.6. The molecule has 35 heavy (non-hydrogen) atoms. The molecule has 0 radical (unpaired) electrons. The third-order valence-electron chi connectivity index (χ3n) is 6.79. The first-order valence-corrected chi connectivity index (χ1v) is 12.3. The van der Waals surface area contributed by atoms with E-state index in [1.165, 1.54) is 5.56 Å². The van der Waals surface area contributed by atoms with Crippen LogP contribution in [0.25, 0.3) is 11.1 Å². The van der Waals surface area contributed by atoms with Crippen molar-refractivity contribution in [2.45, 2.75) is 39.1 Å². The van der Waals surface area contributed by atoms with Crippen LogP contribution in [0.2, 0.25) is 0 Å². The molecule has 2 aromatic carbocycles. The fraction of sp³-hybridized carbons (Fsp3) is 0.379. The Kier molecular flexibility index (Phi) is 8.29.